The van der Waals surface area contributed by atoms with E-state index in [1.165, 1.54) is 51.6 Å². The normalized spacial score (nSPS) is 23.9. The van der Waals surface area contributed by atoms with Crippen LogP contribution >= 0.6 is 0 Å². The van der Waals surface area contributed by atoms with Gasteiger partial charge in [0.1, 0.15) is 11.9 Å². The molecular weight excluding hydrogens is 422 g/mol. The van der Waals surface area contributed by atoms with Crippen molar-refractivity contribution in [2.24, 2.45) is 5.92 Å². The highest BCUT2D eigenvalue weighted by Gasteiger charge is 2.30. The van der Waals surface area contributed by atoms with Gasteiger partial charge in [-0.2, -0.15) is 0 Å². The van der Waals surface area contributed by atoms with E-state index in [1.54, 1.807) is 0 Å². The summed E-state index contributed by atoms with van der Waals surface area (Å²) in [6, 6.07) is 7.62. The van der Waals surface area contributed by atoms with Crippen LogP contribution in [0.5, 0.6) is 5.75 Å². The summed E-state index contributed by atoms with van der Waals surface area (Å²) < 4.78 is 6.40. The molecule has 1 aromatic rings. The van der Waals surface area contributed by atoms with Gasteiger partial charge in [0.15, 0.2) is 0 Å². The minimum atomic E-state index is 0.291. The SMILES string of the molecule is C=Cc1cc(OC2CCN(C3CCCC3)CC2)ccc1NC1CCN(C(=O)C2CCCC2)CC1. The van der Waals surface area contributed by atoms with E-state index in [0.29, 0.717) is 24.0 Å². The molecule has 2 heterocycles. The van der Waals surface area contributed by atoms with E-state index in [-0.39, 0.29) is 0 Å². The zero-order valence-electron chi connectivity index (χ0n) is 20.9. The molecule has 0 spiro atoms. The fraction of sp³-hybridized carbons (Fsp3) is 0.690. The molecule has 0 atom stereocenters. The third kappa shape index (κ3) is 5.62. The summed E-state index contributed by atoms with van der Waals surface area (Å²) in [6.45, 7) is 8.14. The maximum atomic E-state index is 12.7. The molecule has 1 amide bonds. The van der Waals surface area contributed by atoms with Crippen molar-refractivity contribution in [1.29, 1.82) is 0 Å². The number of nitrogens with one attached hydrogen (secondary N) is 1. The second-order valence-corrected chi connectivity index (χ2v) is 11.0. The maximum absolute atomic E-state index is 12.7. The van der Waals surface area contributed by atoms with Crippen molar-refractivity contribution in [3.63, 3.8) is 0 Å². The molecule has 2 saturated carbocycles. The monoisotopic (exact) mass is 465 g/mol. The second-order valence-electron chi connectivity index (χ2n) is 11.0. The summed E-state index contributed by atoms with van der Waals surface area (Å²) in [7, 11) is 0. The van der Waals surface area contributed by atoms with Crippen LogP contribution in [0.2, 0.25) is 0 Å². The Morgan fingerprint density at radius 2 is 1.59 bits per heavy atom. The fourth-order valence-electron chi connectivity index (χ4n) is 6.63. The van der Waals surface area contributed by atoms with E-state index in [1.807, 2.05) is 6.08 Å². The van der Waals surface area contributed by atoms with Crippen LogP contribution in [0.3, 0.4) is 0 Å². The number of piperidine rings is 2. The van der Waals surface area contributed by atoms with Gasteiger partial charge in [-0.3, -0.25) is 4.79 Å². The number of carbonyl (C=O) groups excluding carboxylic acids is 1. The summed E-state index contributed by atoms with van der Waals surface area (Å²) in [5, 5.41) is 3.73. The molecule has 0 radical (unpaired) electrons. The summed E-state index contributed by atoms with van der Waals surface area (Å²) in [5.74, 6) is 1.65. The molecule has 34 heavy (non-hydrogen) atoms. The second kappa shape index (κ2) is 11.2. The molecule has 5 heteroatoms. The van der Waals surface area contributed by atoms with Crippen LogP contribution < -0.4 is 10.1 Å². The van der Waals surface area contributed by atoms with Crippen LogP contribution in [0.4, 0.5) is 5.69 Å². The van der Waals surface area contributed by atoms with Gasteiger partial charge in [-0.15, -0.1) is 0 Å². The molecule has 2 aliphatic carbocycles. The number of hydrogen-bond acceptors (Lipinski definition) is 4. The van der Waals surface area contributed by atoms with Gasteiger partial charge in [-0.05, 0) is 69.6 Å². The van der Waals surface area contributed by atoms with Crippen molar-refractivity contribution in [2.45, 2.75) is 95.2 Å². The molecular formula is C29H43N3O2. The topological polar surface area (TPSA) is 44.8 Å². The van der Waals surface area contributed by atoms with Crippen LogP contribution in [-0.2, 0) is 4.79 Å². The average Bonchev–Trinajstić information content (AvgIpc) is 3.60. The first-order valence-corrected chi connectivity index (χ1v) is 13.9. The largest absolute Gasteiger partial charge is 0.490 e. The molecule has 186 valence electrons. The van der Waals surface area contributed by atoms with Crippen molar-refractivity contribution in [3.05, 3.63) is 30.3 Å². The lowest BCUT2D eigenvalue weighted by molar-refractivity contribution is -0.136. The quantitative estimate of drug-likeness (QED) is 0.560. The molecule has 2 saturated heterocycles. The van der Waals surface area contributed by atoms with Crippen molar-refractivity contribution in [3.8, 4) is 5.75 Å². The van der Waals surface area contributed by atoms with E-state index >= 15 is 0 Å². The molecule has 5 nitrogen and oxygen atoms in total. The highest BCUT2D eigenvalue weighted by Crippen LogP contribution is 2.31. The van der Waals surface area contributed by atoms with Gasteiger partial charge in [0, 0.05) is 55.4 Å². The van der Waals surface area contributed by atoms with E-state index in [0.717, 1.165) is 74.7 Å². The molecule has 5 rings (SSSR count). The van der Waals surface area contributed by atoms with E-state index in [2.05, 4.69) is 39.9 Å². The highest BCUT2D eigenvalue weighted by molar-refractivity contribution is 5.79. The molecule has 0 bridgehead atoms. The molecule has 2 aliphatic heterocycles. The minimum Gasteiger partial charge on any atom is -0.490 e. The summed E-state index contributed by atoms with van der Waals surface area (Å²) >= 11 is 0. The van der Waals surface area contributed by atoms with Crippen molar-refractivity contribution < 1.29 is 9.53 Å². The Morgan fingerprint density at radius 1 is 0.912 bits per heavy atom. The Bertz CT molecular complexity index is 828. The van der Waals surface area contributed by atoms with Gasteiger partial charge in [0.2, 0.25) is 5.91 Å². The van der Waals surface area contributed by atoms with Gasteiger partial charge in [0.05, 0.1) is 0 Å². The standard InChI is InChI=1S/C29H43N3O2/c1-2-22-21-27(34-26-15-19-31(20-16-26)25-9-5-6-10-25)11-12-28(22)30-24-13-17-32(18-14-24)29(33)23-7-3-4-8-23/h2,11-12,21,23-26,30H,1,3-10,13-20H2. The van der Waals surface area contributed by atoms with E-state index < -0.39 is 0 Å². The van der Waals surface area contributed by atoms with Crippen LogP contribution in [0.25, 0.3) is 6.08 Å². The Hall–Kier alpha value is -2.01. The average molecular weight is 466 g/mol. The Morgan fingerprint density at radius 3 is 2.26 bits per heavy atom. The smallest absolute Gasteiger partial charge is 0.225 e. The van der Waals surface area contributed by atoms with Crippen LogP contribution in [-0.4, -0.2) is 60.1 Å². The maximum Gasteiger partial charge on any atom is 0.225 e. The summed E-state index contributed by atoms with van der Waals surface area (Å²) in [6.07, 6.45) is 16.7. The summed E-state index contributed by atoms with van der Waals surface area (Å²) in [5.41, 5.74) is 2.23. The Kier molecular flexibility index (Phi) is 7.78. The number of carbonyl (C=O) groups is 1. The number of nitrogens with zero attached hydrogens (tertiary/aromatic N) is 2. The number of ether oxygens (including phenoxy) is 1. The number of rotatable bonds is 7. The summed E-state index contributed by atoms with van der Waals surface area (Å²) in [4.78, 5) is 17.5. The Labute approximate surface area is 205 Å². The minimum absolute atomic E-state index is 0.291. The van der Waals surface area contributed by atoms with E-state index in [4.69, 9.17) is 4.74 Å². The third-order valence-electron chi connectivity index (χ3n) is 8.73. The van der Waals surface area contributed by atoms with Crippen molar-refractivity contribution in [2.75, 3.05) is 31.5 Å². The zero-order chi connectivity index (χ0) is 23.3. The van der Waals surface area contributed by atoms with Crippen LogP contribution in [0.1, 0.15) is 82.6 Å². The van der Waals surface area contributed by atoms with Gasteiger partial charge in [-0.1, -0.05) is 38.3 Å². The predicted octanol–water partition coefficient (Wildman–Crippen LogP) is 5.71. The highest BCUT2D eigenvalue weighted by atomic mass is 16.5. The van der Waals surface area contributed by atoms with Gasteiger partial charge < -0.3 is 19.9 Å². The van der Waals surface area contributed by atoms with Crippen LogP contribution in [0.15, 0.2) is 24.8 Å². The van der Waals surface area contributed by atoms with Gasteiger partial charge in [0.25, 0.3) is 0 Å². The van der Waals surface area contributed by atoms with Crippen molar-refractivity contribution >= 4 is 17.7 Å². The number of amides is 1. The number of likely N-dealkylation sites (tertiary alicyclic amines) is 2. The number of benzene rings is 1. The van der Waals surface area contributed by atoms with E-state index in [9.17, 15) is 4.79 Å². The lowest BCUT2D eigenvalue weighted by Crippen LogP contribution is -2.44. The molecule has 0 unspecified atom stereocenters. The van der Waals surface area contributed by atoms with Gasteiger partial charge >= 0.3 is 0 Å². The lowest BCUT2D eigenvalue weighted by atomic mass is 10.0. The zero-order valence-corrected chi connectivity index (χ0v) is 20.9. The first-order chi connectivity index (χ1) is 16.7. The fourth-order valence-corrected chi connectivity index (χ4v) is 6.63. The molecule has 0 aromatic heterocycles. The molecule has 1 aromatic carbocycles. The predicted molar refractivity (Wildman–Crippen MR) is 139 cm³/mol. The number of anilines is 1. The lowest BCUT2D eigenvalue weighted by Gasteiger charge is -2.36. The molecule has 1 N–H and O–H groups in total. The third-order valence-corrected chi connectivity index (χ3v) is 8.73. The molecule has 4 aliphatic rings. The van der Waals surface area contributed by atoms with Crippen LogP contribution in [0, 0.1) is 5.92 Å². The molecule has 4 fully saturated rings. The first kappa shape index (κ1) is 23.7. The Balaban J connectivity index is 1.10. The number of hydrogen-bond donors (Lipinski definition) is 1. The van der Waals surface area contributed by atoms with Crippen molar-refractivity contribution in [1.82, 2.24) is 9.80 Å². The van der Waals surface area contributed by atoms with Gasteiger partial charge in [-0.25, -0.2) is 0 Å². The first-order valence-electron chi connectivity index (χ1n) is 13.9.